The summed E-state index contributed by atoms with van der Waals surface area (Å²) in [5.41, 5.74) is 0. The number of carbonyl (C=O) groups excluding carboxylic acids is 2. The van der Waals surface area contributed by atoms with Crippen molar-refractivity contribution in [3.63, 3.8) is 0 Å². The van der Waals surface area contributed by atoms with Crippen LogP contribution in [0.5, 0.6) is 0 Å². The van der Waals surface area contributed by atoms with E-state index in [1.807, 2.05) is 5.32 Å². The van der Waals surface area contributed by atoms with Crippen molar-refractivity contribution in [2.24, 2.45) is 0 Å². The zero-order valence-corrected chi connectivity index (χ0v) is 7.20. The average molecular weight is 165 g/mol. The molecule has 1 fully saturated rings. The summed E-state index contributed by atoms with van der Waals surface area (Å²) in [6.45, 7) is 0.124. The van der Waals surface area contributed by atoms with Gasteiger partial charge in [0.2, 0.25) is 5.91 Å². The fourth-order valence-corrected chi connectivity index (χ4v) is 0.376. The fraction of sp³-hybridized carbons (Fsp3) is 0.333. The van der Waals surface area contributed by atoms with E-state index in [2.05, 4.69) is 5.32 Å². The molecule has 0 aromatic carbocycles. The van der Waals surface area contributed by atoms with E-state index in [1.54, 1.807) is 0 Å². The monoisotopic (exact) mass is 164 g/mol. The van der Waals surface area contributed by atoms with Crippen LogP contribution in [0.25, 0.3) is 0 Å². The first-order chi connectivity index (χ1) is 3.29. The smallest absolute Gasteiger partial charge is 0.321 e. The van der Waals surface area contributed by atoms with Crippen molar-refractivity contribution in [1.29, 1.82) is 0 Å². The fourth-order valence-electron chi connectivity index (χ4n) is 0.376. The molecular formula is C3H4N2O2Zn. The van der Waals surface area contributed by atoms with Crippen molar-refractivity contribution in [2.75, 3.05) is 6.54 Å². The molecule has 1 heterocycles. The van der Waals surface area contributed by atoms with Crippen LogP contribution >= 0.6 is 0 Å². The molecule has 1 saturated heterocycles. The second-order valence-corrected chi connectivity index (χ2v) is 1.23. The Balaban J connectivity index is 0.000000490. The molecule has 0 radical (unpaired) electrons. The third kappa shape index (κ3) is 1.58. The molecule has 0 unspecified atom stereocenters. The van der Waals surface area contributed by atoms with Crippen molar-refractivity contribution in [2.45, 2.75) is 0 Å². The number of hydrogen-bond acceptors (Lipinski definition) is 2. The third-order valence-corrected chi connectivity index (χ3v) is 0.662. The van der Waals surface area contributed by atoms with Crippen LogP contribution in [0.4, 0.5) is 4.79 Å². The van der Waals surface area contributed by atoms with Gasteiger partial charge >= 0.3 is 6.03 Å². The first-order valence-corrected chi connectivity index (χ1v) is 1.87. The summed E-state index contributed by atoms with van der Waals surface area (Å²) in [6.07, 6.45) is 0. The Labute approximate surface area is 58.8 Å². The predicted molar refractivity (Wildman–Crippen MR) is 21.5 cm³/mol. The van der Waals surface area contributed by atoms with Gasteiger partial charge in [0, 0.05) is 19.5 Å². The van der Waals surface area contributed by atoms with Gasteiger partial charge in [-0.1, -0.05) is 0 Å². The van der Waals surface area contributed by atoms with E-state index in [4.69, 9.17) is 0 Å². The van der Waals surface area contributed by atoms with Crippen LogP contribution < -0.4 is 10.6 Å². The molecule has 0 aromatic rings. The average Bonchev–Trinajstić information content (AvgIpc) is 1.87. The van der Waals surface area contributed by atoms with E-state index in [9.17, 15) is 9.59 Å². The predicted octanol–water partition coefficient (Wildman–Crippen LogP) is -1.18. The minimum atomic E-state index is -0.398. The van der Waals surface area contributed by atoms with Crippen molar-refractivity contribution in [1.82, 2.24) is 10.6 Å². The number of rotatable bonds is 0. The quantitative estimate of drug-likeness (QED) is 0.351. The molecule has 4 nitrogen and oxygen atoms in total. The molecule has 8 heavy (non-hydrogen) atoms. The van der Waals surface area contributed by atoms with E-state index in [0.29, 0.717) is 0 Å². The molecule has 1 aliphatic heterocycles. The third-order valence-electron chi connectivity index (χ3n) is 0.662. The van der Waals surface area contributed by atoms with Crippen LogP contribution in [0.1, 0.15) is 0 Å². The summed E-state index contributed by atoms with van der Waals surface area (Å²) in [5, 5.41) is 4.30. The molecule has 0 atom stereocenters. The molecule has 0 bridgehead atoms. The molecule has 40 valence electrons. The van der Waals surface area contributed by atoms with Gasteiger partial charge in [-0.15, -0.1) is 0 Å². The molecule has 1 rings (SSSR count). The molecular weight excluding hydrogens is 161 g/mol. The number of nitrogens with one attached hydrogen (secondary N) is 2. The van der Waals surface area contributed by atoms with Crippen molar-refractivity contribution in [3.8, 4) is 0 Å². The molecule has 0 aromatic heterocycles. The first-order valence-electron chi connectivity index (χ1n) is 1.87. The number of urea groups is 1. The maximum Gasteiger partial charge on any atom is 0.321 e. The largest absolute Gasteiger partial charge is 0.329 e. The standard InChI is InChI=1S/C3H4N2O2.Zn/c6-2-1-4-3(7)5-2;/h1H2,(H2,4,5,6,7);. The Morgan fingerprint density at radius 2 is 2.00 bits per heavy atom. The van der Waals surface area contributed by atoms with Crippen LogP contribution in [0.15, 0.2) is 0 Å². The van der Waals surface area contributed by atoms with Gasteiger partial charge < -0.3 is 5.32 Å². The molecule has 0 saturated carbocycles. The van der Waals surface area contributed by atoms with Gasteiger partial charge in [-0.05, 0) is 0 Å². The zero-order chi connectivity index (χ0) is 5.28. The SMILES string of the molecule is O=C1CNC(=O)N1.[Zn]. The summed E-state index contributed by atoms with van der Waals surface area (Å²) in [6, 6.07) is -0.398. The Morgan fingerprint density at radius 1 is 1.38 bits per heavy atom. The summed E-state index contributed by atoms with van der Waals surface area (Å²) in [5.74, 6) is -0.259. The maximum atomic E-state index is 10.1. The van der Waals surface area contributed by atoms with Gasteiger partial charge in [0.25, 0.3) is 0 Å². The summed E-state index contributed by atoms with van der Waals surface area (Å²) in [7, 11) is 0. The summed E-state index contributed by atoms with van der Waals surface area (Å²) >= 11 is 0. The Morgan fingerprint density at radius 3 is 2.12 bits per heavy atom. The van der Waals surface area contributed by atoms with Gasteiger partial charge in [0.05, 0.1) is 6.54 Å². The van der Waals surface area contributed by atoms with E-state index < -0.39 is 6.03 Å². The van der Waals surface area contributed by atoms with Crippen LogP contribution in [0.3, 0.4) is 0 Å². The second kappa shape index (κ2) is 2.77. The molecule has 2 N–H and O–H groups in total. The zero-order valence-electron chi connectivity index (χ0n) is 4.23. The maximum absolute atomic E-state index is 10.1. The van der Waals surface area contributed by atoms with Gasteiger partial charge in [0.15, 0.2) is 0 Å². The minimum Gasteiger partial charge on any atom is -0.329 e. The number of amides is 3. The molecule has 1 aliphatic rings. The van der Waals surface area contributed by atoms with Gasteiger partial charge in [-0.2, -0.15) is 0 Å². The summed E-state index contributed by atoms with van der Waals surface area (Å²) in [4.78, 5) is 20.1. The molecule has 0 aliphatic carbocycles. The topological polar surface area (TPSA) is 58.2 Å². The van der Waals surface area contributed by atoms with Crippen molar-refractivity contribution in [3.05, 3.63) is 0 Å². The number of hydrogen-bond donors (Lipinski definition) is 2. The molecule has 5 heteroatoms. The first kappa shape index (κ1) is 7.56. The number of carbonyl (C=O) groups is 2. The van der Waals surface area contributed by atoms with Crippen LogP contribution in [0.2, 0.25) is 0 Å². The van der Waals surface area contributed by atoms with Gasteiger partial charge in [-0.25, -0.2) is 4.79 Å². The van der Waals surface area contributed by atoms with Crippen LogP contribution in [0, 0.1) is 0 Å². The van der Waals surface area contributed by atoms with Crippen LogP contribution in [-0.4, -0.2) is 18.5 Å². The van der Waals surface area contributed by atoms with E-state index in [0.717, 1.165) is 0 Å². The minimum absolute atomic E-state index is 0. The summed E-state index contributed by atoms with van der Waals surface area (Å²) < 4.78 is 0. The molecule has 3 amide bonds. The Bertz CT molecular complexity index is 110. The second-order valence-electron chi connectivity index (χ2n) is 1.23. The Kier molecular flexibility index (Phi) is 2.62. The van der Waals surface area contributed by atoms with Crippen LogP contribution in [-0.2, 0) is 24.3 Å². The van der Waals surface area contributed by atoms with Crippen molar-refractivity contribution < 1.29 is 29.1 Å². The van der Waals surface area contributed by atoms with Gasteiger partial charge in [-0.3, -0.25) is 10.1 Å². The Hall–Kier alpha value is -0.437. The van der Waals surface area contributed by atoms with E-state index in [-0.39, 0.29) is 31.9 Å². The normalized spacial score (nSPS) is 16.5. The number of imide groups is 1. The van der Waals surface area contributed by atoms with Crippen molar-refractivity contribution >= 4 is 11.9 Å². The van der Waals surface area contributed by atoms with E-state index >= 15 is 0 Å². The van der Waals surface area contributed by atoms with Gasteiger partial charge in [0.1, 0.15) is 0 Å². The van der Waals surface area contributed by atoms with E-state index in [1.165, 1.54) is 0 Å². The molecule has 0 spiro atoms.